The maximum atomic E-state index is 15.9. The lowest BCUT2D eigenvalue weighted by Gasteiger charge is -2.40. The fourth-order valence-corrected chi connectivity index (χ4v) is 11.8. The number of nitrogens with zero attached hydrogens (tertiary/aromatic N) is 8. The molecule has 1 spiro atoms. The Kier molecular flexibility index (Phi) is 11.6. The average Bonchev–Trinajstić information content (AvgIpc) is 4.06. The van der Waals surface area contributed by atoms with Crippen molar-refractivity contribution in [2.45, 2.75) is 75.3 Å². The number of likely N-dealkylation sites (tertiary alicyclic amines) is 2. The van der Waals surface area contributed by atoms with Crippen LogP contribution in [0.4, 0.5) is 25.8 Å². The largest absolute Gasteiger partial charge is 0.388 e. The van der Waals surface area contributed by atoms with Gasteiger partial charge >= 0.3 is 0 Å². The van der Waals surface area contributed by atoms with Crippen LogP contribution in [0.3, 0.4) is 0 Å². The number of anilines is 3. The van der Waals surface area contributed by atoms with Crippen molar-refractivity contribution in [2.75, 3.05) is 81.1 Å². The third-order valence-corrected chi connectivity index (χ3v) is 16.0. The van der Waals surface area contributed by atoms with E-state index in [9.17, 15) is 24.0 Å². The van der Waals surface area contributed by atoms with Crippen molar-refractivity contribution in [1.82, 2.24) is 34.1 Å². The van der Waals surface area contributed by atoms with Crippen LogP contribution in [-0.2, 0) is 33.4 Å². The highest BCUT2D eigenvalue weighted by Gasteiger charge is 2.61. The van der Waals surface area contributed by atoms with Crippen molar-refractivity contribution in [2.24, 2.45) is 13.0 Å². The number of benzene rings is 2. The number of pyridine rings is 2. The molecule has 4 saturated heterocycles. The van der Waals surface area contributed by atoms with Crippen LogP contribution in [0.1, 0.15) is 84.5 Å². The van der Waals surface area contributed by atoms with Crippen molar-refractivity contribution < 1.29 is 28.0 Å². The molecular formula is C52H58F2N10O5. The molecule has 15 nitrogen and oxygen atoms in total. The molecule has 5 aliphatic heterocycles. The first-order valence-corrected chi connectivity index (χ1v) is 24.5. The molecule has 4 amide bonds. The summed E-state index contributed by atoms with van der Waals surface area (Å²) in [4.78, 5) is 80.0. The van der Waals surface area contributed by atoms with Crippen LogP contribution in [0, 0.1) is 17.6 Å². The molecule has 11 rings (SSSR count). The summed E-state index contributed by atoms with van der Waals surface area (Å²) in [6.45, 7) is 7.35. The van der Waals surface area contributed by atoms with E-state index in [2.05, 4.69) is 42.5 Å². The molecule has 360 valence electrons. The van der Waals surface area contributed by atoms with Gasteiger partial charge in [-0.2, -0.15) is 0 Å². The lowest BCUT2D eigenvalue weighted by Crippen LogP contribution is -2.54. The maximum absolute atomic E-state index is 15.9. The quantitative estimate of drug-likeness (QED) is 0.177. The molecule has 8 heterocycles. The van der Waals surface area contributed by atoms with Crippen LogP contribution in [-0.4, -0.2) is 124 Å². The first-order valence-electron chi connectivity index (χ1n) is 24.5. The molecule has 1 aliphatic carbocycles. The van der Waals surface area contributed by atoms with Gasteiger partial charge in [0.25, 0.3) is 11.5 Å². The van der Waals surface area contributed by atoms with Gasteiger partial charge in [-0.25, -0.2) is 13.8 Å². The molecular weight excluding hydrogens is 883 g/mol. The van der Waals surface area contributed by atoms with E-state index in [1.165, 1.54) is 12.1 Å². The minimum absolute atomic E-state index is 0.0278. The number of carbonyl (C=O) groups is 4. The van der Waals surface area contributed by atoms with Crippen molar-refractivity contribution in [3.05, 3.63) is 111 Å². The number of piperidine rings is 3. The lowest BCUT2D eigenvalue weighted by atomic mass is 9.87. The molecule has 5 aromatic rings. The average molecular weight is 941 g/mol. The van der Waals surface area contributed by atoms with Crippen LogP contribution in [0.15, 0.2) is 71.8 Å². The lowest BCUT2D eigenvalue weighted by molar-refractivity contribution is -0.135. The number of carbonyl (C=O) groups excluding carboxylic acids is 4. The Morgan fingerprint density at radius 2 is 1.57 bits per heavy atom. The van der Waals surface area contributed by atoms with E-state index >= 15 is 8.78 Å². The molecule has 3 aromatic heterocycles. The summed E-state index contributed by atoms with van der Waals surface area (Å²) in [5.41, 5.74) is 5.53. The minimum atomic E-state index is -0.666. The van der Waals surface area contributed by atoms with Gasteiger partial charge in [0.1, 0.15) is 23.3 Å². The number of hydrogen-bond donors (Lipinski definition) is 2. The fourth-order valence-electron chi connectivity index (χ4n) is 11.8. The summed E-state index contributed by atoms with van der Waals surface area (Å²) in [7, 11) is 3.73. The predicted molar refractivity (Wildman–Crippen MR) is 258 cm³/mol. The molecule has 17 heteroatoms. The van der Waals surface area contributed by atoms with Crippen molar-refractivity contribution >= 4 is 51.7 Å². The van der Waals surface area contributed by atoms with Crippen molar-refractivity contribution in [1.29, 1.82) is 0 Å². The second-order valence-electron chi connectivity index (χ2n) is 20.0. The topological polar surface area (TPSA) is 148 Å². The number of piperazine rings is 1. The van der Waals surface area contributed by atoms with Crippen LogP contribution >= 0.6 is 0 Å². The number of aromatic nitrogens is 3. The van der Waals surface area contributed by atoms with Crippen LogP contribution < -0.4 is 26.0 Å². The van der Waals surface area contributed by atoms with E-state index in [0.717, 1.165) is 103 Å². The monoisotopic (exact) mass is 940 g/mol. The van der Waals surface area contributed by atoms with E-state index in [0.29, 0.717) is 57.9 Å². The smallest absolute Gasteiger partial charge is 0.257 e. The van der Waals surface area contributed by atoms with E-state index in [1.54, 1.807) is 39.9 Å². The molecule has 0 bridgehead atoms. The zero-order chi connectivity index (χ0) is 47.7. The molecule has 69 heavy (non-hydrogen) atoms. The van der Waals surface area contributed by atoms with Gasteiger partial charge in [-0.05, 0) is 124 Å². The second-order valence-corrected chi connectivity index (χ2v) is 20.0. The van der Waals surface area contributed by atoms with E-state index in [-0.39, 0.29) is 46.7 Å². The Labute approximate surface area is 399 Å². The van der Waals surface area contributed by atoms with Gasteiger partial charge in [0, 0.05) is 131 Å². The van der Waals surface area contributed by atoms with Crippen molar-refractivity contribution in [3.8, 4) is 5.69 Å². The molecule has 0 radical (unpaired) electrons. The summed E-state index contributed by atoms with van der Waals surface area (Å²) < 4.78 is 35.4. The minimum Gasteiger partial charge on any atom is -0.388 e. The number of hydrogen-bond acceptors (Lipinski definition) is 10. The maximum Gasteiger partial charge on any atom is 0.257 e. The van der Waals surface area contributed by atoms with Gasteiger partial charge in [-0.3, -0.25) is 48.6 Å². The van der Waals surface area contributed by atoms with Gasteiger partial charge in [0.2, 0.25) is 17.7 Å². The highest BCUT2D eigenvalue weighted by Crippen LogP contribution is 2.58. The van der Waals surface area contributed by atoms with Crippen molar-refractivity contribution in [3.63, 3.8) is 0 Å². The Morgan fingerprint density at radius 3 is 2.25 bits per heavy atom. The summed E-state index contributed by atoms with van der Waals surface area (Å²) in [6, 6.07) is 15.3. The van der Waals surface area contributed by atoms with Crippen LogP contribution in [0.5, 0.6) is 0 Å². The normalized spacial score (nSPS) is 21.4. The zero-order valence-electron chi connectivity index (χ0n) is 39.2. The molecule has 2 aromatic carbocycles. The highest BCUT2D eigenvalue weighted by molar-refractivity contribution is 6.15. The molecule has 1 atom stereocenters. The number of nitrogens with one attached hydrogen (secondary N) is 2. The van der Waals surface area contributed by atoms with E-state index < -0.39 is 29.0 Å². The standard InChI is InChI=1S/C52H58F2N10O5/c1-55-35-12-20-63(46(66)27-35)42-7-15-56-48-38(42)28-37(58(48)2)31-59-16-10-33(11-17-59)47-40(53)25-34(26-41(47)54)50(68)62-18-8-32(9-19-62)30-60-21-23-61(24-22-60)36-3-4-43-39(29-36)52(13-14-52)51(69)64(43)44-5-6-45(65)57-49(44)67/h3-4,7,12,15,20,25-29,32-33,44,55H,5-6,8-11,13-14,16-19,21-24,30-31H2,1-2H3,(H,57,65,67). The molecule has 5 fully saturated rings. The number of fused-ring (bicyclic) bond motifs is 3. The Morgan fingerprint density at radius 1 is 0.826 bits per heavy atom. The fraction of sp³-hybridized carbons (Fsp3) is 0.462. The summed E-state index contributed by atoms with van der Waals surface area (Å²) in [5.74, 6) is -2.28. The predicted octanol–water partition coefficient (Wildman–Crippen LogP) is 5.28. The number of rotatable bonds is 10. The zero-order valence-corrected chi connectivity index (χ0v) is 39.2. The number of aryl methyl sites for hydroxylation is 1. The van der Waals surface area contributed by atoms with Gasteiger partial charge in [-0.15, -0.1) is 0 Å². The highest BCUT2D eigenvalue weighted by atomic mass is 19.1. The number of halogens is 2. The van der Waals surface area contributed by atoms with Gasteiger partial charge in [0.15, 0.2) is 0 Å². The molecule has 1 saturated carbocycles. The van der Waals surface area contributed by atoms with Crippen LogP contribution in [0.2, 0.25) is 0 Å². The van der Waals surface area contributed by atoms with Gasteiger partial charge in [-0.1, -0.05) is 0 Å². The molecule has 1 unspecified atom stereocenters. The third kappa shape index (κ3) is 8.16. The Hall–Kier alpha value is -6.46. The first-order chi connectivity index (χ1) is 33.4. The molecule has 6 aliphatic rings. The van der Waals surface area contributed by atoms with Crippen LogP contribution in [0.25, 0.3) is 16.7 Å². The third-order valence-electron chi connectivity index (χ3n) is 16.0. The Bertz CT molecular complexity index is 2920. The second kappa shape index (κ2) is 17.8. The van der Waals surface area contributed by atoms with E-state index in [4.69, 9.17) is 0 Å². The number of amides is 4. The summed E-state index contributed by atoms with van der Waals surface area (Å²) >= 11 is 0. The Balaban J connectivity index is 0.658. The van der Waals surface area contributed by atoms with Gasteiger partial charge < -0.3 is 19.7 Å². The van der Waals surface area contributed by atoms with E-state index in [1.807, 2.05) is 35.9 Å². The van der Waals surface area contributed by atoms with Gasteiger partial charge in [0.05, 0.1) is 11.1 Å². The number of imide groups is 1. The summed E-state index contributed by atoms with van der Waals surface area (Å²) in [5, 5.41) is 6.27. The SMILES string of the molecule is CNc1ccn(-c2ccnc3c2cc(CN2CCC(c4c(F)cc(C(=O)N5CCC(CN6CCN(c7ccc8c(c7)C7(CC7)C(=O)N8C7CCC(=O)NC7=O)CC6)CC5)cc4F)CC2)n3C)c(=O)c1. The summed E-state index contributed by atoms with van der Waals surface area (Å²) in [6.07, 6.45) is 8.34. The molecule has 2 N–H and O–H groups in total. The first kappa shape index (κ1) is 45.0.